The molecule has 2 aromatic carbocycles. The van der Waals surface area contributed by atoms with E-state index in [-0.39, 0.29) is 0 Å². The van der Waals surface area contributed by atoms with Gasteiger partial charge in [-0.15, -0.1) is 11.8 Å². The van der Waals surface area contributed by atoms with Gasteiger partial charge < -0.3 is 5.32 Å². The zero-order valence-electron chi connectivity index (χ0n) is 11.3. The van der Waals surface area contributed by atoms with Crippen molar-refractivity contribution in [1.82, 2.24) is 9.97 Å². The lowest BCUT2D eigenvalue weighted by Crippen LogP contribution is -2.04. The van der Waals surface area contributed by atoms with Crippen LogP contribution < -0.4 is 5.32 Å². The molecule has 0 saturated heterocycles. The van der Waals surface area contributed by atoms with Crippen molar-refractivity contribution >= 4 is 44.3 Å². The van der Waals surface area contributed by atoms with Gasteiger partial charge in [0.25, 0.3) is 0 Å². The van der Waals surface area contributed by atoms with Crippen LogP contribution in [-0.4, -0.2) is 22.3 Å². The predicted molar refractivity (Wildman–Crippen MR) is 92.9 cm³/mol. The second-order valence-corrected chi connectivity index (χ2v) is 6.48. The van der Waals surface area contributed by atoms with Crippen LogP contribution in [0, 0.1) is 0 Å². The molecule has 0 saturated carbocycles. The maximum Gasteiger partial charge on any atom is 0.117 e. The van der Waals surface area contributed by atoms with Gasteiger partial charge in [0.05, 0.1) is 5.52 Å². The number of nitrogens with one attached hydrogen (secondary N) is 1. The highest BCUT2D eigenvalue weighted by Gasteiger charge is 2.03. The third-order valence-corrected chi connectivity index (χ3v) is 4.56. The maximum atomic E-state index is 4.38. The lowest BCUT2D eigenvalue weighted by atomic mass is 10.2. The number of thioether (sulfide) groups is 1. The van der Waals surface area contributed by atoms with Crippen LogP contribution >= 0.6 is 27.7 Å². The molecule has 0 aliphatic heterocycles. The standard InChI is InChI=1S/C16H14BrN3S/c17-12-5-7-13(8-6-12)18-9-10-21-16-14-3-1-2-4-15(14)19-11-20-16/h1-8,11,18H,9-10H2. The van der Waals surface area contributed by atoms with Crippen LogP contribution in [0.5, 0.6) is 0 Å². The summed E-state index contributed by atoms with van der Waals surface area (Å²) in [6, 6.07) is 16.3. The fourth-order valence-corrected chi connectivity index (χ4v) is 3.12. The topological polar surface area (TPSA) is 37.8 Å². The van der Waals surface area contributed by atoms with Crippen molar-refractivity contribution < 1.29 is 0 Å². The van der Waals surface area contributed by atoms with Crippen LogP contribution in [0.25, 0.3) is 10.9 Å². The average molecular weight is 360 g/mol. The minimum Gasteiger partial charge on any atom is -0.384 e. The van der Waals surface area contributed by atoms with E-state index in [1.54, 1.807) is 18.1 Å². The highest BCUT2D eigenvalue weighted by molar-refractivity contribution is 9.10. The lowest BCUT2D eigenvalue weighted by Gasteiger charge is -2.07. The summed E-state index contributed by atoms with van der Waals surface area (Å²) in [7, 11) is 0. The minimum absolute atomic E-state index is 0.893. The fourth-order valence-electron chi connectivity index (χ4n) is 2.01. The summed E-state index contributed by atoms with van der Waals surface area (Å²) in [6.07, 6.45) is 1.63. The molecule has 1 N–H and O–H groups in total. The van der Waals surface area contributed by atoms with Crippen LogP contribution in [0.4, 0.5) is 5.69 Å². The first kappa shape index (κ1) is 14.4. The Hall–Kier alpha value is -1.59. The Balaban J connectivity index is 1.58. The molecule has 0 aliphatic carbocycles. The van der Waals surface area contributed by atoms with Crippen LogP contribution in [0.2, 0.25) is 0 Å². The molecule has 3 aromatic rings. The van der Waals surface area contributed by atoms with Crippen LogP contribution in [0.1, 0.15) is 0 Å². The smallest absolute Gasteiger partial charge is 0.117 e. The summed E-state index contributed by atoms with van der Waals surface area (Å²) in [5, 5.41) is 5.56. The van der Waals surface area contributed by atoms with Gasteiger partial charge >= 0.3 is 0 Å². The lowest BCUT2D eigenvalue weighted by molar-refractivity contribution is 1.10. The van der Waals surface area contributed by atoms with E-state index in [0.717, 1.165) is 38.4 Å². The Labute approximate surface area is 136 Å². The van der Waals surface area contributed by atoms with Gasteiger partial charge in [-0.3, -0.25) is 0 Å². The first-order valence-corrected chi connectivity index (χ1v) is 8.43. The molecule has 0 fully saturated rings. The van der Waals surface area contributed by atoms with Gasteiger partial charge in [0.2, 0.25) is 0 Å². The molecule has 1 aromatic heterocycles. The molecule has 0 bridgehead atoms. The molecule has 5 heteroatoms. The van der Waals surface area contributed by atoms with Crippen molar-refractivity contribution in [3.05, 3.63) is 59.3 Å². The number of nitrogens with zero attached hydrogens (tertiary/aromatic N) is 2. The second kappa shape index (κ2) is 6.91. The van der Waals surface area contributed by atoms with E-state index in [0.29, 0.717) is 0 Å². The number of halogens is 1. The SMILES string of the molecule is Brc1ccc(NCCSc2ncnc3ccccc23)cc1. The van der Waals surface area contributed by atoms with E-state index in [4.69, 9.17) is 0 Å². The van der Waals surface area contributed by atoms with Crippen LogP contribution in [-0.2, 0) is 0 Å². The summed E-state index contributed by atoms with van der Waals surface area (Å²) in [4.78, 5) is 8.66. The number of hydrogen-bond donors (Lipinski definition) is 1. The largest absolute Gasteiger partial charge is 0.384 e. The van der Waals surface area contributed by atoms with Crippen molar-refractivity contribution in [2.75, 3.05) is 17.6 Å². The van der Waals surface area contributed by atoms with Crippen molar-refractivity contribution in [2.45, 2.75) is 5.03 Å². The van der Waals surface area contributed by atoms with E-state index in [1.165, 1.54) is 0 Å². The van der Waals surface area contributed by atoms with Crippen LogP contribution in [0.3, 0.4) is 0 Å². The Bertz CT molecular complexity index is 726. The van der Waals surface area contributed by atoms with Crippen molar-refractivity contribution in [1.29, 1.82) is 0 Å². The summed E-state index contributed by atoms with van der Waals surface area (Å²) < 4.78 is 1.09. The number of benzene rings is 2. The number of fused-ring (bicyclic) bond motifs is 1. The first-order valence-electron chi connectivity index (χ1n) is 6.65. The average Bonchev–Trinajstić information content (AvgIpc) is 2.53. The van der Waals surface area contributed by atoms with Gasteiger partial charge in [0.1, 0.15) is 11.4 Å². The molecule has 0 unspecified atom stereocenters. The molecule has 106 valence electrons. The van der Waals surface area contributed by atoms with E-state index in [9.17, 15) is 0 Å². The molecule has 0 radical (unpaired) electrons. The van der Waals surface area contributed by atoms with Gasteiger partial charge in [0, 0.05) is 27.8 Å². The molecule has 3 nitrogen and oxygen atoms in total. The maximum absolute atomic E-state index is 4.38. The normalized spacial score (nSPS) is 10.7. The minimum atomic E-state index is 0.893. The Kier molecular flexibility index (Phi) is 4.72. The third kappa shape index (κ3) is 3.74. The zero-order valence-corrected chi connectivity index (χ0v) is 13.7. The van der Waals surface area contributed by atoms with Crippen LogP contribution in [0.15, 0.2) is 64.4 Å². The first-order chi connectivity index (χ1) is 10.3. The summed E-state index contributed by atoms with van der Waals surface area (Å²) >= 11 is 5.18. The molecule has 0 atom stereocenters. The quantitative estimate of drug-likeness (QED) is 0.410. The monoisotopic (exact) mass is 359 g/mol. The highest BCUT2D eigenvalue weighted by Crippen LogP contribution is 2.24. The number of aromatic nitrogens is 2. The fraction of sp³-hybridized carbons (Fsp3) is 0.125. The molecule has 21 heavy (non-hydrogen) atoms. The molecule has 0 amide bonds. The van der Waals surface area contributed by atoms with Gasteiger partial charge in [-0.1, -0.05) is 34.1 Å². The number of hydrogen-bond acceptors (Lipinski definition) is 4. The van der Waals surface area contributed by atoms with Gasteiger partial charge in [-0.2, -0.15) is 0 Å². The number of rotatable bonds is 5. The Morgan fingerprint density at radius 2 is 1.81 bits per heavy atom. The number of anilines is 1. The van der Waals surface area contributed by atoms with Gasteiger partial charge in [-0.25, -0.2) is 9.97 Å². The third-order valence-electron chi connectivity index (χ3n) is 3.02. The Morgan fingerprint density at radius 1 is 1.00 bits per heavy atom. The Morgan fingerprint density at radius 3 is 2.67 bits per heavy atom. The predicted octanol–water partition coefficient (Wildman–Crippen LogP) is 4.60. The van der Waals surface area contributed by atoms with Gasteiger partial charge in [0.15, 0.2) is 0 Å². The van der Waals surface area contributed by atoms with E-state index >= 15 is 0 Å². The molecule has 0 spiro atoms. The van der Waals surface area contributed by atoms with Crippen molar-refractivity contribution in [3.8, 4) is 0 Å². The zero-order chi connectivity index (χ0) is 14.5. The second-order valence-electron chi connectivity index (χ2n) is 4.48. The van der Waals surface area contributed by atoms with Gasteiger partial charge in [-0.05, 0) is 30.3 Å². The summed E-state index contributed by atoms with van der Waals surface area (Å²) in [6.45, 7) is 0.893. The molecular formula is C16H14BrN3S. The van der Waals surface area contributed by atoms with Crippen molar-refractivity contribution in [3.63, 3.8) is 0 Å². The van der Waals surface area contributed by atoms with E-state index < -0.39 is 0 Å². The molecule has 1 heterocycles. The van der Waals surface area contributed by atoms with E-state index in [1.807, 2.05) is 30.3 Å². The molecule has 3 rings (SSSR count). The van der Waals surface area contributed by atoms with Crippen molar-refractivity contribution in [2.24, 2.45) is 0 Å². The summed E-state index contributed by atoms with van der Waals surface area (Å²) in [5.74, 6) is 0.955. The number of para-hydroxylation sites is 1. The summed E-state index contributed by atoms with van der Waals surface area (Å²) in [5.41, 5.74) is 2.13. The highest BCUT2D eigenvalue weighted by atomic mass is 79.9. The van der Waals surface area contributed by atoms with E-state index in [2.05, 4.69) is 49.4 Å². The molecule has 0 aliphatic rings. The molecular weight excluding hydrogens is 346 g/mol.